The highest BCUT2D eigenvalue weighted by atomic mass is 19.4. The number of rotatable bonds is 10. The Kier molecular flexibility index (Phi) is 8.35. The van der Waals surface area contributed by atoms with Crippen LogP contribution in [0.4, 0.5) is 13.2 Å². The van der Waals surface area contributed by atoms with E-state index >= 15 is 0 Å². The van der Waals surface area contributed by atoms with Gasteiger partial charge < -0.3 is 9.72 Å². The summed E-state index contributed by atoms with van der Waals surface area (Å²) >= 11 is 0. The van der Waals surface area contributed by atoms with Crippen molar-refractivity contribution in [3.8, 4) is 23.1 Å². The van der Waals surface area contributed by atoms with Crippen LogP contribution in [0.15, 0.2) is 49.2 Å². The third-order valence-electron chi connectivity index (χ3n) is 9.23. The Morgan fingerprint density at radius 2 is 1.91 bits per heavy atom. The summed E-state index contributed by atoms with van der Waals surface area (Å²) in [5, 5.41) is 15.3. The molecule has 1 aliphatic heterocycles. The molecular weight excluding hydrogens is 569 g/mol. The molecule has 2 aliphatic rings. The number of nitrogens with one attached hydrogen (secondary N) is 1. The average molecular weight is 607 g/mol. The molecule has 0 atom stereocenters. The predicted octanol–water partition coefficient (Wildman–Crippen LogP) is 6.00. The molecule has 1 aromatic carbocycles. The maximum absolute atomic E-state index is 13.7. The number of halogens is 3. The van der Waals surface area contributed by atoms with E-state index in [4.69, 9.17) is 4.74 Å². The van der Waals surface area contributed by atoms with E-state index in [1.807, 2.05) is 37.0 Å². The number of likely N-dealkylation sites (tertiary alicyclic amines) is 1. The zero-order valence-electron chi connectivity index (χ0n) is 25.0. The van der Waals surface area contributed by atoms with Gasteiger partial charge in [-0.25, -0.2) is 9.97 Å². The van der Waals surface area contributed by atoms with E-state index in [1.165, 1.54) is 12.4 Å². The Morgan fingerprint density at radius 3 is 2.61 bits per heavy atom. The van der Waals surface area contributed by atoms with Crippen molar-refractivity contribution in [3.05, 3.63) is 60.3 Å². The SMILES string of the molecule is CCN(CC)Cc1cc(OC2CCN([C@H]3C[C@@](CC#N)(n4cc(-c5ncnc6[nH]ccc56)cn4)C3)CC2)cc(C(F)(F)F)c1. The number of aromatic amines is 1. The molecule has 9 nitrogen and oxygen atoms in total. The molecule has 2 fully saturated rings. The van der Waals surface area contributed by atoms with Gasteiger partial charge in [0.2, 0.25) is 0 Å². The van der Waals surface area contributed by atoms with E-state index < -0.39 is 11.7 Å². The molecule has 0 amide bonds. The van der Waals surface area contributed by atoms with Crippen LogP contribution in [0.2, 0.25) is 0 Å². The molecule has 232 valence electrons. The number of hydrogen-bond acceptors (Lipinski definition) is 7. The first-order chi connectivity index (χ1) is 21.2. The zero-order chi connectivity index (χ0) is 30.9. The second-order valence-electron chi connectivity index (χ2n) is 11.9. The number of ether oxygens (including phenoxy) is 1. The third kappa shape index (κ3) is 6.03. The van der Waals surface area contributed by atoms with Crippen molar-refractivity contribution in [2.24, 2.45) is 0 Å². The molecule has 1 saturated carbocycles. The van der Waals surface area contributed by atoms with Gasteiger partial charge in [0.15, 0.2) is 0 Å². The maximum Gasteiger partial charge on any atom is 0.416 e. The first kappa shape index (κ1) is 30.1. The van der Waals surface area contributed by atoms with E-state index in [2.05, 4.69) is 35.9 Å². The largest absolute Gasteiger partial charge is 0.490 e. The fourth-order valence-electron chi connectivity index (χ4n) is 6.68. The minimum absolute atomic E-state index is 0.146. The van der Waals surface area contributed by atoms with Crippen molar-refractivity contribution in [1.82, 2.24) is 34.5 Å². The Bertz CT molecular complexity index is 1620. The summed E-state index contributed by atoms with van der Waals surface area (Å²) in [6.45, 7) is 7.56. The quantitative estimate of drug-likeness (QED) is 0.237. The van der Waals surface area contributed by atoms with Gasteiger partial charge in [-0.05, 0) is 68.6 Å². The van der Waals surface area contributed by atoms with Crippen LogP contribution in [-0.2, 0) is 18.3 Å². The van der Waals surface area contributed by atoms with Gasteiger partial charge >= 0.3 is 6.18 Å². The highest BCUT2D eigenvalue weighted by Gasteiger charge is 2.49. The molecule has 4 aromatic rings. The minimum Gasteiger partial charge on any atom is -0.490 e. The van der Waals surface area contributed by atoms with E-state index in [0.29, 0.717) is 24.6 Å². The number of aromatic nitrogens is 5. The van der Waals surface area contributed by atoms with Crippen LogP contribution in [0.25, 0.3) is 22.3 Å². The van der Waals surface area contributed by atoms with E-state index in [1.54, 1.807) is 12.3 Å². The molecule has 1 aliphatic carbocycles. The minimum atomic E-state index is -4.43. The number of nitrogens with zero attached hydrogens (tertiary/aromatic N) is 7. The first-order valence-corrected chi connectivity index (χ1v) is 15.3. The number of benzene rings is 1. The zero-order valence-corrected chi connectivity index (χ0v) is 25.0. The molecule has 0 radical (unpaired) electrons. The highest BCUT2D eigenvalue weighted by Crippen LogP contribution is 2.46. The topological polar surface area (TPSA) is 98.9 Å². The maximum atomic E-state index is 13.7. The Balaban J connectivity index is 1.09. The van der Waals surface area contributed by atoms with Crippen LogP contribution in [0.3, 0.4) is 0 Å². The van der Waals surface area contributed by atoms with Gasteiger partial charge in [-0.1, -0.05) is 13.8 Å². The van der Waals surface area contributed by atoms with Crippen molar-refractivity contribution in [2.45, 2.75) is 76.4 Å². The van der Waals surface area contributed by atoms with E-state index in [9.17, 15) is 18.4 Å². The average Bonchev–Trinajstić information content (AvgIpc) is 3.68. The summed E-state index contributed by atoms with van der Waals surface area (Å²) in [6.07, 6.45) is 5.99. The van der Waals surface area contributed by atoms with Crippen molar-refractivity contribution in [2.75, 3.05) is 26.2 Å². The number of H-pyrrole nitrogens is 1. The third-order valence-corrected chi connectivity index (χ3v) is 9.23. The summed E-state index contributed by atoms with van der Waals surface area (Å²) in [5.41, 5.74) is 2.00. The molecule has 0 spiro atoms. The van der Waals surface area contributed by atoms with Crippen LogP contribution in [0, 0.1) is 11.3 Å². The van der Waals surface area contributed by atoms with Crippen LogP contribution >= 0.6 is 0 Å². The monoisotopic (exact) mass is 606 g/mol. The number of alkyl halides is 3. The summed E-state index contributed by atoms with van der Waals surface area (Å²) in [6, 6.07) is 8.73. The predicted molar refractivity (Wildman–Crippen MR) is 160 cm³/mol. The van der Waals surface area contributed by atoms with E-state index in [-0.39, 0.29) is 17.4 Å². The lowest BCUT2D eigenvalue weighted by Crippen LogP contribution is -2.58. The second kappa shape index (κ2) is 12.2. The van der Waals surface area contributed by atoms with Gasteiger partial charge in [-0.2, -0.15) is 23.5 Å². The molecule has 0 unspecified atom stereocenters. The summed E-state index contributed by atoms with van der Waals surface area (Å²) < 4.78 is 49.1. The van der Waals surface area contributed by atoms with Gasteiger partial charge in [-0.15, -0.1) is 0 Å². The number of nitriles is 1. The fourth-order valence-corrected chi connectivity index (χ4v) is 6.68. The molecule has 1 N–H and O–H groups in total. The van der Waals surface area contributed by atoms with Gasteiger partial charge in [0.1, 0.15) is 23.8 Å². The summed E-state index contributed by atoms with van der Waals surface area (Å²) in [4.78, 5) is 16.4. The Hall–Kier alpha value is -3.95. The van der Waals surface area contributed by atoms with Crippen molar-refractivity contribution in [3.63, 3.8) is 0 Å². The molecule has 44 heavy (non-hydrogen) atoms. The van der Waals surface area contributed by atoms with Gasteiger partial charge in [0.25, 0.3) is 0 Å². The van der Waals surface area contributed by atoms with Crippen molar-refractivity contribution < 1.29 is 17.9 Å². The lowest BCUT2D eigenvalue weighted by Gasteiger charge is -2.52. The van der Waals surface area contributed by atoms with Crippen LogP contribution in [0.1, 0.15) is 57.1 Å². The molecule has 0 bridgehead atoms. The van der Waals surface area contributed by atoms with Gasteiger partial charge in [0, 0.05) is 49.0 Å². The lowest BCUT2D eigenvalue weighted by atomic mass is 9.69. The standard InChI is InChI=1S/C32H37F3N8O/c1-3-41(4-2)19-22-13-24(32(33,34)35)15-27(14-22)44-26-6-11-42(12-7-26)25-16-31(17-25,8-9-36)43-20-23(18-40-43)29-28-5-10-37-30(28)39-21-38-29/h5,10,13-15,18,20-21,25-26H,3-4,6-8,11-12,16-17,19H2,1-2H3,(H,37,38,39)/t25-,31+. The lowest BCUT2D eigenvalue weighted by molar-refractivity contribution is -0.137. The molecule has 4 heterocycles. The van der Waals surface area contributed by atoms with E-state index in [0.717, 1.165) is 80.2 Å². The molecule has 1 saturated heterocycles. The Morgan fingerprint density at radius 1 is 1.14 bits per heavy atom. The first-order valence-electron chi connectivity index (χ1n) is 15.3. The van der Waals surface area contributed by atoms with Gasteiger partial charge in [0.05, 0.1) is 35.5 Å². The molecule has 3 aromatic heterocycles. The van der Waals surface area contributed by atoms with Crippen molar-refractivity contribution >= 4 is 11.0 Å². The van der Waals surface area contributed by atoms with Crippen LogP contribution in [-0.4, -0.2) is 72.9 Å². The summed E-state index contributed by atoms with van der Waals surface area (Å²) in [7, 11) is 0. The number of hydrogen-bond donors (Lipinski definition) is 1. The van der Waals surface area contributed by atoms with Crippen molar-refractivity contribution in [1.29, 1.82) is 5.26 Å². The van der Waals surface area contributed by atoms with Crippen LogP contribution < -0.4 is 4.74 Å². The molecule has 6 rings (SSSR count). The number of piperidine rings is 1. The number of fused-ring (bicyclic) bond motifs is 1. The molecular formula is C32H37F3N8O. The second-order valence-corrected chi connectivity index (χ2v) is 11.9. The summed E-state index contributed by atoms with van der Waals surface area (Å²) in [5.74, 6) is 0.284. The highest BCUT2D eigenvalue weighted by molar-refractivity contribution is 5.90. The smallest absolute Gasteiger partial charge is 0.416 e. The fraction of sp³-hybridized carbons (Fsp3) is 0.500. The normalized spacial score (nSPS) is 21.4. The Labute approximate surface area is 254 Å². The van der Waals surface area contributed by atoms with Crippen LogP contribution in [0.5, 0.6) is 5.75 Å². The molecule has 12 heteroatoms. The van der Waals surface area contributed by atoms with Gasteiger partial charge in [-0.3, -0.25) is 14.5 Å².